The van der Waals surface area contributed by atoms with E-state index in [1.165, 1.54) is 16.8 Å². The van der Waals surface area contributed by atoms with Gasteiger partial charge < -0.3 is 4.74 Å². The van der Waals surface area contributed by atoms with E-state index in [4.69, 9.17) is 14.3 Å². The van der Waals surface area contributed by atoms with Gasteiger partial charge in [0.15, 0.2) is 10.0 Å². The quantitative estimate of drug-likeness (QED) is 0.101. The number of ether oxygens (including phenoxy) is 1. The number of quaternary nitrogens is 1. The second-order valence-corrected chi connectivity index (χ2v) is 21.9. The summed E-state index contributed by atoms with van der Waals surface area (Å²) in [6.45, 7) is 6.21. The summed E-state index contributed by atoms with van der Waals surface area (Å²) in [4.78, 5) is -0.188. The Morgan fingerprint density at radius 2 is 1.88 bits per heavy atom. The van der Waals surface area contributed by atoms with Crippen molar-refractivity contribution in [2.45, 2.75) is 62.0 Å². The van der Waals surface area contributed by atoms with Crippen LogP contribution in [0.1, 0.15) is 29.8 Å². The first-order valence-corrected chi connectivity index (χ1v) is 20.5. The lowest BCUT2D eigenvalue weighted by Gasteiger charge is -2.21. The van der Waals surface area contributed by atoms with Gasteiger partial charge in [-0.3, -0.25) is 8.86 Å². The van der Waals surface area contributed by atoms with E-state index in [-0.39, 0.29) is 39.1 Å². The monoisotopic (exact) mass is 649 g/mol. The van der Waals surface area contributed by atoms with E-state index in [1.807, 2.05) is 0 Å². The smallest absolute Gasteiger partial charge is 0.330 e. The van der Waals surface area contributed by atoms with Crippen LogP contribution in [0, 0.1) is 5.41 Å². The molecule has 2 aliphatic rings. The average Bonchev–Trinajstić information content (AvgIpc) is 3.59. The maximum absolute atomic E-state index is 14.4. The number of alkyl halides is 2. The third kappa shape index (κ3) is 5.16. The standard InChI is InChI=1S/C23H31F2N6O6S3Si/c1-30-18-14(12-37-39(2,32)33)10-15(11-16(18)17(29-30)20-27-28-21(38-20)19(24)25)40(34,35)31(22(26)23(31)6-7-23)13-36-8-9-41(3,4)5/h10-11,19,26H,6-9,12-13H2,1-5H3/q+1. The van der Waals surface area contributed by atoms with Gasteiger partial charge in [0.05, 0.1) is 25.0 Å². The summed E-state index contributed by atoms with van der Waals surface area (Å²) in [5.74, 6) is 0.0524. The molecular weight excluding hydrogens is 619 g/mol. The maximum atomic E-state index is 14.4. The van der Waals surface area contributed by atoms with Gasteiger partial charge in [0.25, 0.3) is 22.4 Å². The van der Waals surface area contributed by atoms with Crippen molar-refractivity contribution in [1.82, 2.24) is 20.0 Å². The average molecular weight is 650 g/mol. The molecule has 1 aromatic carbocycles. The number of fused-ring (bicyclic) bond motifs is 1. The molecule has 1 spiro atoms. The minimum Gasteiger partial charge on any atom is -0.330 e. The molecule has 41 heavy (non-hydrogen) atoms. The Morgan fingerprint density at radius 1 is 1.20 bits per heavy atom. The van der Waals surface area contributed by atoms with Crippen molar-refractivity contribution < 1.29 is 38.4 Å². The van der Waals surface area contributed by atoms with Gasteiger partial charge in [0.2, 0.25) is 12.3 Å². The predicted octanol–water partition coefficient (Wildman–Crippen LogP) is 3.85. The molecule has 224 valence electrons. The van der Waals surface area contributed by atoms with Gasteiger partial charge in [-0.05, 0) is 18.2 Å². The molecule has 0 bridgehead atoms. The molecule has 5 rings (SSSR count). The van der Waals surface area contributed by atoms with Gasteiger partial charge in [-0.25, -0.2) is 14.2 Å². The number of aryl methyl sites for hydroxylation is 1. The van der Waals surface area contributed by atoms with E-state index in [9.17, 15) is 25.6 Å². The number of amidine groups is 1. The summed E-state index contributed by atoms with van der Waals surface area (Å²) in [5, 5.41) is 20.2. The van der Waals surface area contributed by atoms with Crippen molar-refractivity contribution in [2.75, 3.05) is 19.6 Å². The van der Waals surface area contributed by atoms with E-state index in [0.29, 0.717) is 36.3 Å². The van der Waals surface area contributed by atoms with E-state index >= 15 is 0 Å². The Balaban J connectivity index is 1.63. The summed E-state index contributed by atoms with van der Waals surface area (Å²) in [5.41, 5.74) is -0.178. The zero-order valence-corrected chi connectivity index (χ0v) is 26.6. The molecule has 1 unspecified atom stereocenters. The van der Waals surface area contributed by atoms with Crippen molar-refractivity contribution >= 4 is 56.3 Å². The molecule has 2 fully saturated rings. The van der Waals surface area contributed by atoms with Crippen LogP contribution < -0.4 is 0 Å². The lowest BCUT2D eigenvalue weighted by molar-refractivity contribution is -0.673. The highest BCUT2D eigenvalue weighted by atomic mass is 32.2. The topological polar surface area (TPSA) is 154 Å². The van der Waals surface area contributed by atoms with E-state index < -0.39 is 55.7 Å². The molecule has 0 radical (unpaired) electrons. The van der Waals surface area contributed by atoms with Crippen molar-refractivity contribution in [3.63, 3.8) is 0 Å². The van der Waals surface area contributed by atoms with Gasteiger partial charge in [0, 0.05) is 38.9 Å². The molecule has 0 amide bonds. The Hall–Kier alpha value is -2.22. The van der Waals surface area contributed by atoms with Crippen LogP contribution in [0.2, 0.25) is 25.7 Å². The van der Waals surface area contributed by atoms with E-state index in [1.54, 1.807) is 7.05 Å². The first-order chi connectivity index (χ1) is 18.9. The molecule has 3 heterocycles. The number of nitrogens with one attached hydrogen (secondary N) is 1. The van der Waals surface area contributed by atoms with Crippen molar-refractivity contribution in [3.05, 3.63) is 22.7 Å². The molecule has 18 heteroatoms. The Morgan fingerprint density at radius 3 is 2.41 bits per heavy atom. The fourth-order valence-electron chi connectivity index (χ4n) is 5.04. The molecule has 1 aliphatic carbocycles. The largest absolute Gasteiger partial charge is 0.336 e. The zero-order valence-electron chi connectivity index (χ0n) is 23.1. The molecule has 1 saturated carbocycles. The van der Waals surface area contributed by atoms with Crippen LogP contribution in [0.25, 0.3) is 21.6 Å². The lowest BCUT2D eigenvalue weighted by Crippen LogP contribution is -2.40. The molecule has 1 aliphatic heterocycles. The molecule has 3 aromatic rings. The van der Waals surface area contributed by atoms with Crippen molar-refractivity contribution in [2.24, 2.45) is 7.05 Å². The summed E-state index contributed by atoms with van der Waals surface area (Å²) < 4.78 is 90.6. The van der Waals surface area contributed by atoms with Crippen LogP contribution in [-0.2, 0) is 42.7 Å². The van der Waals surface area contributed by atoms with Crippen LogP contribution in [0.4, 0.5) is 8.78 Å². The molecule has 2 aromatic heterocycles. The van der Waals surface area contributed by atoms with E-state index in [0.717, 1.165) is 12.3 Å². The first-order valence-electron chi connectivity index (χ1n) is 12.7. The molecule has 12 nitrogen and oxygen atoms in total. The summed E-state index contributed by atoms with van der Waals surface area (Å²) in [6.07, 6.45) is -0.902. The Kier molecular flexibility index (Phi) is 7.32. The Bertz CT molecular complexity index is 1770. The number of sulfonamides is 1. The number of rotatable bonds is 12. The summed E-state index contributed by atoms with van der Waals surface area (Å²) >= 11 is 0.623. The SMILES string of the molecule is Cn1nc(-c2nnc(C(F)F)s2)c2cc(S(=O)(=O)[N+]3(COCC[Si](C)(C)C)C(=N)C34CC4)cc(COS(C)(=O)=O)c21. The molecular formula is C23H31F2N6O6S3Si+. The van der Waals surface area contributed by atoms with Gasteiger partial charge >= 0.3 is 10.0 Å². The Labute approximate surface area is 241 Å². The number of nitrogens with zero attached hydrogens (tertiary/aromatic N) is 5. The number of aromatic nitrogens is 4. The van der Waals surface area contributed by atoms with Crippen LogP contribution in [0.5, 0.6) is 0 Å². The highest BCUT2D eigenvalue weighted by Crippen LogP contribution is 2.65. The highest BCUT2D eigenvalue weighted by Gasteiger charge is 2.90. The minimum atomic E-state index is -4.30. The summed E-state index contributed by atoms with van der Waals surface area (Å²) in [7, 11) is -8.09. The number of halogens is 2. The van der Waals surface area contributed by atoms with Crippen LogP contribution in [0.3, 0.4) is 0 Å². The van der Waals surface area contributed by atoms with Gasteiger partial charge in [-0.1, -0.05) is 31.0 Å². The normalized spacial score (nSPS) is 20.4. The minimum absolute atomic E-state index is 0.0483. The third-order valence-electron chi connectivity index (χ3n) is 7.39. The number of hydrogen-bond donors (Lipinski definition) is 1. The van der Waals surface area contributed by atoms with Gasteiger partial charge in [-0.2, -0.15) is 21.9 Å². The highest BCUT2D eigenvalue weighted by molar-refractivity contribution is 7.86. The second kappa shape index (κ2) is 9.92. The van der Waals surface area contributed by atoms with Crippen LogP contribution in [0.15, 0.2) is 17.0 Å². The second-order valence-electron chi connectivity index (χ2n) is 11.6. The van der Waals surface area contributed by atoms with E-state index in [2.05, 4.69) is 34.9 Å². The lowest BCUT2D eigenvalue weighted by atomic mass is 10.1. The molecule has 1 N–H and O–H groups in total. The zero-order chi connectivity index (χ0) is 30.2. The number of benzene rings is 1. The van der Waals surface area contributed by atoms with Gasteiger partial charge in [-0.15, -0.1) is 14.1 Å². The third-order valence-corrected chi connectivity index (χ3v) is 12.9. The van der Waals surface area contributed by atoms with Crippen molar-refractivity contribution in [1.29, 1.82) is 5.41 Å². The summed E-state index contributed by atoms with van der Waals surface area (Å²) in [6, 6.07) is 3.51. The fraction of sp³-hybridized carbons (Fsp3) is 0.565. The predicted molar refractivity (Wildman–Crippen MR) is 150 cm³/mol. The maximum Gasteiger partial charge on any atom is 0.336 e. The fourth-order valence-corrected chi connectivity index (χ4v) is 9.07. The van der Waals surface area contributed by atoms with Crippen LogP contribution in [-0.4, -0.2) is 79.7 Å². The molecule has 1 atom stereocenters. The first kappa shape index (κ1) is 30.2. The van der Waals surface area contributed by atoms with Crippen LogP contribution >= 0.6 is 11.3 Å². The van der Waals surface area contributed by atoms with Gasteiger partial charge in [0.1, 0.15) is 10.6 Å². The molecule has 1 saturated heterocycles. The number of hydrogen-bond acceptors (Lipinski definition) is 11. The van der Waals surface area contributed by atoms with Crippen molar-refractivity contribution in [3.8, 4) is 10.7 Å².